The number of aliphatic hydroxyl groups excluding tert-OH is 10. The van der Waals surface area contributed by atoms with Crippen LogP contribution in [0.1, 0.15) is 36.1 Å². The molecule has 0 aromatic heterocycles. The maximum atomic E-state index is 12.8. The lowest BCUT2D eigenvalue weighted by Crippen LogP contribution is -2.65. The van der Waals surface area contributed by atoms with Crippen LogP contribution < -0.4 is 0 Å². The van der Waals surface area contributed by atoms with Gasteiger partial charge >= 0.3 is 11.9 Å². The Morgan fingerprint density at radius 1 is 0.432 bits per heavy atom. The first-order valence-corrected chi connectivity index (χ1v) is 27.4. The number of rotatable bonds is 20. The summed E-state index contributed by atoms with van der Waals surface area (Å²) in [6, 6.07) is 16.0. The first-order chi connectivity index (χ1) is 41.7. The van der Waals surface area contributed by atoms with Gasteiger partial charge in [-0.05, 0) is 110 Å². The molecule has 30 nitrogen and oxygen atoms in total. The molecule has 18 N–H and O–H groups in total. The molecular weight excluding hydrogens is 1180 g/mol. The number of carbonyl (C=O) groups is 2. The summed E-state index contributed by atoms with van der Waals surface area (Å²) in [7, 11) is 0. The van der Waals surface area contributed by atoms with Crippen LogP contribution in [-0.4, -0.2) is 253 Å². The smallest absolute Gasteiger partial charge is 0.331 e. The SMILES string of the molecule is CC1OC(OC2C(O)C(COC(=O)/C=C/c3ccc(O)c(O)c3)OC(OCCc3ccc(O)c(O)c3)C2O)C(O)C(O)C1O.CC1OC(OC2C(O)C(OCCc3ccc(O)c(O)c3)OC(CO)C2OC(=O)/C=C/c2ccc(O)c(O)c2)C(O)C(O)C1O. The van der Waals surface area contributed by atoms with Crippen LogP contribution in [0, 0.1) is 0 Å². The molecule has 4 aliphatic heterocycles. The summed E-state index contributed by atoms with van der Waals surface area (Å²) in [6.07, 6.45) is -25.1. The molecule has 4 aliphatic rings. The molecule has 4 aromatic rings. The van der Waals surface area contributed by atoms with E-state index in [4.69, 9.17) is 47.4 Å². The number of aliphatic hydroxyl groups is 10. The van der Waals surface area contributed by atoms with Gasteiger partial charge < -0.3 is 139 Å². The van der Waals surface area contributed by atoms with E-state index in [1.165, 1.54) is 86.7 Å². The largest absolute Gasteiger partial charge is 0.504 e. The summed E-state index contributed by atoms with van der Waals surface area (Å²) in [5.41, 5.74) is 1.88. The van der Waals surface area contributed by atoms with Gasteiger partial charge in [0.25, 0.3) is 0 Å². The van der Waals surface area contributed by atoms with Crippen molar-refractivity contribution in [1.82, 2.24) is 0 Å². The van der Waals surface area contributed by atoms with Gasteiger partial charge in [-0.1, -0.05) is 24.3 Å². The van der Waals surface area contributed by atoms with Gasteiger partial charge in [-0.25, -0.2) is 9.59 Å². The van der Waals surface area contributed by atoms with Gasteiger partial charge in [0, 0.05) is 12.2 Å². The summed E-state index contributed by atoms with van der Waals surface area (Å²) in [4.78, 5) is 25.2. The van der Waals surface area contributed by atoms with Gasteiger partial charge in [-0.3, -0.25) is 0 Å². The quantitative estimate of drug-likeness (QED) is 0.0258. The topological polar surface area (TPSA) is 491 Å². The van der Waals surface area contributed by atoms with Crippen LogP contribution in [0.3, 0.4) is 0 Å². The lowest BCUT2D eigenvalue weighted by Gasteiger charge is -2.46. The van der Waals surface area contributed by atoms with Crippen molar-refractivity contribution in [1.29, 1.82) is 0 Å². The van der Waals surface area contributed by atoms with Gasteiger partial charge in [-0.2, -0.15) is 0 Å². The molecule has 20 atom stereocenters. The Bertz CT molecular complexity index is 2940. The Kier molecular flexibility index (Phi) is 24.1. The van der Waals surface area contributed by atoms with Crippen molar-refractivity contribution in [3.8, 4) is 46.0 Å². The van der Waals surface area contributed by atoms with E-state index in [2.05, 4.69) is 0 Å². The highest BCUT2D eigenvalue weighted by molar-refractivity contribution is 5.88. The molecular formula is C58H72O30. The zero-order valence-corrected chi connectivity index (χ0v) is 47.0. The van der Waals surface area contributed by atoms with Gasteiger partial charge in [0.15, 0.2) is 77.3 Å². The average molecular weight is 1250 g/mol. The van der Waals surface area contributed by atoms with Crippen molar-refractivity contribution in [2.45, 2.75) is 150 Å². The number of phenols is 8. The summed E-state index contributed by atoms with van der Waals surface area (Å²) >= 11 is 0. The Labute approximate surface area is 500 Å². The minimum absolute atomic E-state index is 0.0754. The van der Waals surface area contributed by atoms with Crippen LogP contribution in [0.2, 0.25) is 0 Å². The monoisotopic (exact) mass is 1250 g/mol. The minimum Gasteiger partial charge on any atom is -0.504 e. The Balaban J connectivity index is 0.000000251. The maximum Gasteiger partial charge on any atom is 0.331 e. The molecule has 0 radical (unpaired) electrons. The molecule has 4 saturated heterocycles. The minimum atomic E-state index is -1.77. The number of esters is 2. The predicted molar refractivity (Wildman–Crippen MR) is 294 cm³/mol. The lowest BCUT2D eigenvalue weighted by atomic mass is 9.97. The van der Waals surface area contributed by atoms with Crippen molar-refractivity contribution in [3.05, 3.63) is 107 Å². The van der Waals surface area contributed by atoms with Crippen molar-refractivity contribution < 1.29 is 149 Å². The average Bonchev–Trinajstić information content (AvgIpc) is 1.85. The second-order valence-electron chi connectivity index (χ2n) is 20.9. The standard InChI is InChI=1S/2C29H36O15/c1-13-22(36)23(37)24(38)29(41-13)44-27-25(39)28(40-9-8-15-3-6-17(32)19(34)11-15)42-20(12-30)26(27)43-21(35)7-4-14-2-5-16(31)18(33)10-14;1-13-22(35)24(37)25(38)29(42-13)44-27-23(36)20(12-41-21(34)7-4-14-2-5-16(30)18(32)10-14)43-28(26(27)39)40-9-8-15-3-6-17(31)19(33)11-15/h2-7,10-11,13,20,22-34,36-39H,8-9,12H2,1H3;2-7,10-11,13,20,22-33,35-39H,8-9,12H2,1H3/b2*7-4+. The zero-order chi connectivity index (χ0) is 64.3. The third kappa shape index (κ3) is 17.4. The normalized spacial score (nSPS) is 32.5. The van der Waals surface area contributed by atoms with E-state index >= 15 is 0 Å². The third-order valence-electron chi connectivity index (χ3n) is 14.5. The second kappa shape index (κ2) is 30.9. The molecule has 20 unspecified atom stereocenters. The fraction of sp³-hybridized carbons (Fsp3) is 0.483. The highest BCUT2D eigenvalue weighted by Crippen LogP contribution is 2.35. The fourth-order valence-electron chi connectivity index (χ4n) is 9.41. The molecule has 0 aliphatic carbocycles. The van der Waals surface area contributed by atoms with Crippen LogP contribution in [-0.2, 0) is 69.8 Å². The molecule has 0 saturated carbocycles. The van der Waals surface area contributed by atoms with E-state index < -0.39 is 154 Å². The van der Waals surface area contributed by atoms with Crippen LogP contribution in [0.5, 0.6) is 46.0 Å². The number of benzene rings is 4. The van der Waals surface area contributed by atoms with Crippen LogP contribution in [0.15, 0.2) is 84.9 Å². The number of hydrogen-bond acceptors (Lipinski definition) is 30. The van der Waals surface area contributed by atoms with E-state index in [0.717, 1.165) is 12.2 Å². The summed E-state index contributed by atoms with van der Waals surface area (Å²) < 4.78 is 55.9. The van der Waals surface area contributed by atoms with Crippen LogP contribution in [0.4, 0.5) is 0 Å². The third-order valence-corrected chi connectivity index (χ3v) is 14.5. The van der Waals surface area contributed by atoms with E-state index in [-0.39, 0.29) is 66.3 Å². The highest BCUT2D eigenvalue weighted by atomic mass is 16.8. The van der Waals surface area contributed by atoms with Gasteiger partial charge in [0.05, 0.1) is 32.0 Å². The summed E-state index contributed by atoms with van der Waals surface area (Å²) in [5, 5.41) is 181. The van der Waals surface area contributed by atoms with E-state index in [1.807, 2.05) is 0 Å². The van der Waals surface area contributed by atoms with E-state index in [0.29, 0.717) is 22.3 Å². The van der Waals surface area contributed by atoms with Crippen molar-refractivity contribution >= 4 is 24.1 Å². The molecule has 30 heteroatoms. The molecule has 4 aromatic carbocycles. The number of ether oxygens (including phenoxy) is 10. The second-order valence-corrected chi connectivity index (χ2v) is 20.9. The van der Waals surface area contributed by atoms with Crippen molar-refractivity contribution in [3.63, 3.8) is 0 Å². The summed E-state index contributed by atoms with van der Waals surface area (Å²) in [5.74, 6) is -4.62. The first kappa shape index (κ1) is 68.5. The zero-order valence-electron chi connectivity index (χ0n) is 47.0. The molecule has 0 spiro atoms. The first-order valence-electron chi connectivity index (χ1n) is 27.4. The van der Waals surface area contributed by atoms with Gasteiger partial charge in [0.1, 0.15) is 86.0 Å². The molecule has 4 heterocycles. The number of hydrogen-bond donors (Lipinski definition) is 18. The Morgan fingerprint density at radius 2 is 0.841 bits per heavy atom. The number of carbonyl (C=O) groups excluding carboxylic acids is 2. The molecule has 88 heavy (non-hydrogen) atoms. The number of phenolic OH excluding ortho intramolecular Hbond substituents is 8. The molecule has 484 valence electrons. The maximum absolute atomic E-state index is 12.8. The molecule has 0 amide bonds. The summed E-state index contributed by atoms with van der Waals surface area (Å²) in [6.45, 7) is 1.41. The van der Waals surface area contributed by atoms with Crippen molar-refractivity contribution in [2.24, 2.45) is 0 Å². The molecule has 8 rings (SSSR count). The highest BCUT2D eigenvalue weighted by Gasteiger charge is 2.53. The molecule has 4 fully saturated rings. The van der Waals surface area contributed by atoms with Crippen molar-refractivity contribution in [2.75, 3.05) is 26.4 Å². The predicted octanol–water partition coefficient (Wildman–Crippen LogP) is -2.03. The van der Waals surface area contributed by atoms with Crippen LogP contribution >= 0.6 is 0 Å². The fourth-order valence-corrected chi connectivity index (χ4v) is 9.41. The van der Waals surface area contributed by atoms with Gasteiger partial charge in [-0.15, -0.1) is 0 Å². The number of aromatic hydroxyl groups is 8. The van der Waals surface area contributed by atoms with Crippen LogP contribution in [0.25, 0.3) is 12.2 Å². The molecule has 0 bridgehead atoms. The lowest BCUT2D eigenvalue weighted by molar-refractivity contribution is -0.357. The Morgan fingerprint density at radius 3 is 1.28 bits per heavy atom. The van der Waals surface area contributed by atoms with E-state index in [9.17, 15) is 102 Å². The van der Waals surface area contributed by atoms with Gasteiger partial charge in [0.2, 0.25) is 0 Å². The Hall–Kier alpha value is -7.02. The van der Waals surface area contributed by atoms with E-state index in [1.54, 1.807) is 12.1 Å².